The van der Waals surface area contributed by atoms with E-state index in [1.807, 2.05) is 6.07 Å². The second-order valence-electron chi connectivity index (χ2n) is 5.79. The standard InChI is InChI=1S/C19H13Cl2N3O3/c20-15-4-2-12(8-16(15)21)22-18-9-14(27-24-18)10-26-13-3-5-17-11(7-13)1-6-19(25)23-17/h1-9H,10H2,(H,22,24)(H,23,25). The molecule has 0 atom stereocenters. The lowest BCUT2D eigenvalue weighted by Crippen LogP contribution is -2.02. The number of halogens is 2. The summed E-state index contributed by atoms with van der Waals surface area (Å²) in [6, 6.07) is 15.6. The van der Waals surface area contributed by atoms with Crippen molar-refractivity contribution in [2.24, 2.45) is 0 Å². The van der Waals surface area contributed by atoms with E-state index in [1.165, 1.54) is 6.07 Å². The SMILES string of the molecule is O=c1ccc2cc(OCc3cc(Nc4ccc(Cl)c(Cl)c4)no3)ccc2[nH]1. The fraction of sp³-hybridized carbons (Fsp3) is 0.0526. The van der Waals surface area contributed by atoms with Crippen LogP contribution in [0.3, 0.4) is 0 Å². The largest absolute Gasteiger partial charge is 0.486 e. The first-order valence-electron chi connectivity index (χ1n) is 8.00. The van der Waals surface area contributed by atoms with Crippen molar-refractivity contribution >= 4 is 45.6 Å². The maximum atomic E-state index is 11.3. The van der Waals surface area contributed by atoms with Crippen LogP contribution < -0.4 is 15.6 Å². The van der Waals surface area contributed by atoms with Gasteiger partial charge in [-0.3, -0.25) is 4.79 Å². The van der Waals surface area contributed by atoms with Gasteiger partial charge in [0.15, 0.2) is 11.6 Å². The normalized spacial score (nSPS) is 10.9. The van der Waals surface area contributed by atoms with Gasteiger partial charge in [0.05, 0.1) is 10.0 Å². The zero-order valence-electron chi connectivity index (χ0n) is 13.8. The number of fused-ring (bicyclic) bond motifs is 1. The summed E-state index contributed by atoms with van der Waals surface area (Å²) in [5.74, 6) is 1.74. The van der Waals surface area contributed by atoms with Crippen molar-refractivity contribution in [3.63, 3.8) is 0 Å². The lowest BCUT2D eigenvalue weighted by Gasteiger charge is -2.05. The van der Waals surface area contributed by atoms with E-state index in [-0.39, 0.29) is 12.2 Å². The fourth-order valence-electron chi connectivity index (χ4n) is 2.54. The topological polar surface area (TPSA) is 80.2 Å². The molecule has 6 nitrogen and oxygen atoms in total. The van der Waals surface area contributed by atoms with Crippen LogP contribution in [0.5, 0.6) is 5.75 Å². The number of aromatic amines is 1. The molecule has 0 spiro atoms. The molecule has 0 radical (unpaired) electrons. The number of aromatic nitrogens is 2. The molecule has 2 aromatic carbocycles. The Morgan fingerprint density at radius 2 is 1.93 bits per heavy atom. The van der Waals surface area contributed by atoms with E-state index in [0.29, 0.717) is 27.4 Å². The van der Waals surface area contributed by atoms with Crippen LogP contribution in [0.2, 0.25) is 10.0 Å². The molecule has 27 heavy (non-hydrogen) atoms. The minimum atomic E-state index is -0.139. The number of ether oxygens (including phenoxy) is 1. The molecule has 0 fully saturated rings. The van der Waals surface area contributed by atoms with Crippen LogP contribution in [0.25, 0.3) is 10.9 Å². The molecule has 0 amide bonds. The molecule has 0 saturated carbocycles. The molecule has 0 aliphatic carbocycles. The molecule has 8 heteroatoms. The van der Waals surface area contributed by atoms with E-state index in [4.69, 9.17) is 32.5 Å². The predicted molar refractivity (Wildman–Crippen MR) is 105 cm³/mol. The number of pyridine rings is 1. The van der Waals surface area contributed by atoms with E-state index in [2.05, 4.69) is 15.5 Å². The van der Waals surface area contributed by atoms with Crippen molar-refractivity contribution in [1.29, 1.82) is 0 Å². The highest BCUT2D eigenvalue weighted by atomic mass is 35.5. The van der Waals surface area contributed by atoms with Gasteiger partial charge >= 0.3 is 0 Å². The maximum Gasteiger partial charge on any atom is 0.248 e. The summed E-state index contributed by atoms with van der Waals surface area (Å²) >= 11 is 11.9. The minimum absolute atomic E-state index is 0.139. The van der Waals surface area contributed by atoms with E-state index >= 15 is 0 Å². The summed E-state index contributed by atoms with van der Waals surface area (Å²) in [5.41, 5.74) is 1.36. The first kappa shape index (κ1) is 17.5. The van der Waals surface area contributed by atoms with Gasteiger partial charge in [-0.15, -0.1) is 0 Å². The first-order valence-corrected chi connectivity index (χ1v) is 8.76. The van der Waals surface area contributed by atoms with Gasteiger partial charge in [0.1, 0.15) is 12.4 Å². The highest BCUT2D eigenvalue weighted by Crippen LogP contribution is 2.27. The molecule has 4 rings (SSSR count). The second kappa shape index (κ2) is 7.34. The molecule has 4 aromatic rings. The predicted octanol–water partition coefficient (Wildman–Crippen LogP) is 5.15. The Bertz CT molecular complexity index is 1170. The van der Waals surface area contributed by atoms with Crippen LogP contribution in [0, 0.1) is 0 Å². The first-order chi connectivity index (χ1) is 13.1. The summed E-state index contributed by atoms with van der Waals surface area (Å²) in [7, 11) is 0. The van der Waals surface area contributed by atoms with E-state index in [0.717, 1.165) is 16.6 Å². The number of nitrogens with zero attached hydrogens (tertiary/aromatic N) is 1. The Morgan fingerprint density at radius 3 is 2.78 bits per heavy atom. The van der Waals surface area contributed by atoms with Crippen molar-refractivity contribution in [3.8, 4) is 5.75 Å². The molecular weight excluding hydrogens is 389 g/mol. The third kappa shape index (κ3) is 4.07. The van der Waals surface area contributed by atoms with E-state index < -0.39 is 0 Å². The van der Waals surface area contributed by atoms with E-state index in [9.17, 15) is 4.79 Å². The van der Waals surface area contributed by atoms with Gasteiger partial charge in [0.25, 0.3) is 0 Å². The zero-order chi connectivity index (χ0) is 18.8. The Hall–Kier alpha value is -2.96. The molecule has 0 aliphatic heterocycles. The van der Waals surface area contributed by atoms with Crippen LogP contribution >= 0.6 is 23.2 Å². The molecule has 0 aliphatic rings. The van der Waals surface area contributed by atoms with Crippen LogP contribution in [0.15, 0.2) is 63.9 Å². The van der Waals surface area contributed by atoms with E-state index in [1.54, 1.807) is 42.5 Å². The number of benzene rings is 2. The smallest absolute Gasteiger partial charge is 0.248 e. The average molecular weight is 402 g/mol. The highest BCUT2D eigenvalue weighted by Gasteiger charge is 2.07. The average Bonchev–Trinajstić information content (AvgIpc) is 3.10. The van der Waals surface area contributed by atoms with Gasteiger partial charge in [0, 0.05) is 28.7 Å². The number of H-pyrrole nitrogens is 1. The van der Waals surface area contributed by atoms with Gasteiger partial charge < -0.3 is 19.6 Å². The molecule has 136 valence electrons. The molecule has 2 aromatic heterocycles. The molecular formula is C19H13Cl2N3O3. The number of rotatable bonds is 5. The van der Waals surface area contributed by atoms with Gasteiger partial charge in [-0.05, 0) is 42.5 Å². The fourth-order valence-corrected chi connectivity index (χ4v) is 2.84. The summed E-state index contributed by atoms with van der Waals surface area (Å²) in [5, 5.41) is 8.85. The Labute approximate surface area is 163 Å². The summed E-state index contributed by atoms with van der Waals surface area (Å²) in [4.78, 5) is 14.1. The zero-order valence-corrected chi connectivity index (χ0v) is 15.3. The van der Waals surface area contributed by atoms with Crippen molar-refractivity contribution < 1.29 is 9.26 Å². The van der Waals surface area contributed by atoms with Crippen LogP contribution in [-0.2, 0) is 6.61 Å². The second-order valence-corrected chi connectivity index (χ2v) is 6.61. The number of nitrogens with one attached hydrogen (secondary N) is 2. The highest BCUT2D eigenvalue weighted by molar-refractivity contribution is 6.42. The van der Waals surface area contributed by atoms with Crippen LogP contribution in [0.4, 0.5) is 11.5 Å². The summed E-state index contributed by atoms with van der Waals surface area (Å²) < 4.78 is 11.0. The van der Waals surface area contributed by atoms with Crippen molar-refractivity contribution in [2.45, 2.75) is 6.61 Å². The molecule has 2 N–H and O–H groups in total. The number of hydrogen-bond donors (Lipinski definition) is 2. The molecule has 2 heterocycles. The van der Waals surface area contributed by atoms with Crippen molar-refractivity contribution in [3.05, 3.63) is 80.8 Å². The third-order valence-corrected chi connectivity index (χ3v) is 4.57. The Kier molecular flexibility index (Phi) is 4.75. The summed E-state index contributed by atoms with van der Waals surface area (Å²) in [6.45, 7) is 0.213. The van der Waals surface area contributed by atoms with Crippen molar-refractivity contribution in [1.82, 2.24) is 10.1 Å². The number of anilines is 2. The molecule has 0 saturated heterocycles. The maximum absolute atomic E-state index is 11.3. The van der Waals surface area contributed by atoms with Gasteiger partial charge in [-0.2, -0.15) is 0 Å². The lowest BCUT2D eigenvalue weighted by atomic mass is 10.2. The molecule has 0 bridgehead atoms. The van der Waals surface area contributed by atoms with Gasteiger partial charge in [-0.1, -0.05) is 28.4 Å². The Morgan fingerprint density at radius 1 is 1.04 bits per heavy atom. The quantitative estimate of drug-likeness (QED) is 0.483. The summed E-state index contributed by atoms with van der Waals surface area (Å²) in [6.07, 6.45) is 0. The van der Waals surface area contributed by atoms with Crippen molar-refractivity contribution in [2.75, 3.05) is 5.32 Å². The monoisotopic (exact) mass is 401 g/mol. The lowest BCUT2D eigenvalue weighted by molar-refractivity contribution is 0.250. The van der Waals surface area contributed by atoms with Crippen LogP contribution in [-0.4, -0.2) is 10.1 Å². The Balaban J connectivity index is 1.42. The van der Waals surface area contributed by atoms with Gasteiger partial charge in [-0.25, -0.2) is 0 Å². The molecule has 0 unspecified atom stereocenters. The van der Waals surface area contributed by atoms with Crippen LogP contribution in [0.1, 0.15) is 5.76 Å². The third-order valence-electron chi connectivity index (χ3n) is 3.83. The minimum Gasteiger partial charge on any atom is -0.486 e. The van der Waals surface area contributed by atoms with Gasteiger partial charge in [0.2, 0.25) is 5.56 Å². The number of hydrogen-bond acceptors (Lipinski definition) is 5.